The fourth-order valence-corrected chi connectivity index (χ4v) is 2.69. The Bertz CT molecular complexity index is 575. The Labute approximate surface area is 128 Å². The maximum Gasteiger partial charge on any atom is 0.0751 e. The van der Waals surface area contributed by atoms with E-state index in [1.165, 1.54) is 16.7 Å². The van der Waals surface area contributed by atoms with Crippen LogP contribution in [-0.4, -0.2) is 11.5 Å². The first-order chi connectivity index (χ1) is 10.1. The normalized spacial score (nSPS) is 12.6. The minimum Gasteiger partial charge on any atom is -0.305 e. The smallest absolute Gasteiger partial charge is 0.0751 e. The van der Waals surface area contributed by atoms with E-state index < -0.39 is 0 Å². The SMILES string of the molecule is CCNC(c1cccc(CC(C)C)c1)c1cc(C)ccn1. The lowest BCUT2D eigenvalue weighted by atomic mass is 9.96. The molecule has 0 saturated heterocycles. The zero-order valence-corrected chi connectivity index (χ0v) is 13.6. The number of aromatic nitrogens is 1. The monoisotopic (exact) mass is 282 g/mol. The Morgan fingerprint density at radius 1 is 1.14 bits per heavy atom. The average Bonchev–Trinajstić information content (AvgIpc) is 2.44. The lowest BCUT2D eigenvalue weighted by molar-refractivity contribution is 0.610. The molecular formula is C19H26N2. The summed E-state index contributed by atoms with van der Waals surface area (Å²) in [7, 11) is 0. The Morgan fingerprint density at radius 3 is 2.62 bits per heavy atom. The van der Waals surface area contributed by atoms with Gasteiger partial charge < -0.3 is 5.32 Å². The van der Waals surface area contributed by atoms with E-state index in [1.807, 2.05) is 12.3 Å². The number of benzene rings is 1. The van der Waals surface area contributed by atoms with Crippen molar-refractivity contribution < 1.29 is 0 Å². The predicted molar refractivity (Wildman–Crippen MR) is 89.5 cm³/mol. The maximum atomic E-state index is 4.56. The zero-order chi connectivity index (χ0) is 15.2. The Morgan fingerprint density at radius 2 is 1.95 bits per heavy atom. The van der Waals surface area contributed by atoms with Gasteiger partial charge in [0.2, 0.25) is 0 Å². The van der Waals surface area contributed by atoms with Gasteiger partial charge in [0.15, 0.2) is 0 Å². The van der Waals surface area contributed by atoms with Gasteiger partial charge in [-0.1, -0.05) is 45.0 Å². The maximum absolute atomic E-state index is 4.56. The van der Waals surface area contributed by atoms with Crippen LogP contribution in [0, 0.1) is 12.8 Å². The summed E-state index contributed by atoms with van der Waals surface area (Å²) in [5.74, 6) is 0.676. The van der Waals surface area contributed by atoms with Crippen LogP contribution >= 0.6 is 0 Å². The minimum atomic E-state index is 0.169. The van der Waals surface area contributed by atoms with Gasteiger partial charge in [-0.2, -0.15) is 0 Å². The second-order valence-electron chi connectivity index (χ2n) is 6.09. The quantitative estimate of drug-likeness (QED) is 0.855. The molecule has 0 saturated carbocycles. The summed E-state index contributed by atoms with van der Waals surface area (Å²) in [5.41, 5.74) is 5.05. The summed E-state index contributed by atoms with van der Waals surface area (Å²) in [6.45, 7) is 9.70. The molecule has 0 fully saturated rings. The van der Waals surface area contributed by atoms with Gasteiger partial charge >= 0.3 is 0 Å². The van der Waals surface area contributed by atoms with Crippen LogP contribution in [0.3, 0.4) is 0 Å². The van der Waals surface area contributed by atoms with E-state index in [9.17, 15) is 0 Å². The van der Waals surface area contributed by atoms with Gasteiger partial charge in [0.25, 0.3) is 0 Å². The summed E-state index contributed by atoms with van der Waals surface area (Å²) in [4.78, 5) is 4.56. The molecule has 0 aliphatic rings. The van der Waals surface area contributed by atoms with Crippen molar-refractivity contribution in [2.45, 2.75) is 40.2 Å². The molecule has 1 atom stereocenters. The second kappa shape index (κ2) is 7.37. The molecule has 112 valence electrons. The number of pyridine rings is 1. The van der Waals surface area contributed by atoms with Gasteiger partial charge in [0.05, 0.1) is 11.7 Å². The van der Waals surface area contributed by atoms with Crippen LogP contribution in [0.2, 0.25) is 0 Å². The lowest BCUT2D eigenvalue weighted by Crippen LogP contribution is -2.23. The van der Waals surface area contributed by atoms with Crippen molar-refractivity contribution in [1.82, 2.24) is 10.3 Å². The summed E-state index contributed by atoms with van der Waals surface area (Å²) in [6.07, 6.45) is 3.01. The van der Waals surface area contributed by atoms with E-state index in [0.717, 1.165) is 18.7 Å². The van der Waals surface area contributed by atoms with Crippen LogP contribution in [0.1, 0.15) is 49.2 Å². The molecule has 1 heterocycles. The standard InChI is InChI=1S/C19H26N2/c1-5-20-19(18-12-15(4)9-10-21-18)17-8-6-7-16(13-17)11-14(2)3/h6-10,12-14,19-20H,5,11H2,1-4H3. The molecule has 0 bridgehead atoms. The van der Waals surface area contributed by atoms with E-state index in [4.69, 9.17) is 0 Å². The first-order valence-electron chi connectivity index (χ1n) is 7.85. The molecule has 0 amide bonds. The molecule has 2 nitrogen and oxygen atoms in total. The third-order valence-electron chi connectivity index (χ3n) is 3.57. The first kappa shape index (κ1) is 15.7. The largest absolute Gasteiger partial charge is 0.305 e. The average molecular weight is 282 g/mol. The third kappa shape index (κ3) is 4.40. The van der Waals surface area contributed by atoms with Crippen molar-refractivity contribution in [2.24, 2.45) is 5.92 Å². The van der Waals surface area contributed by atoms with Crippen molar-refractivity contribution in [3.05, 3.63) is 65.0 Å². The first-order valence-corrected chi connectivity index (χ1v) is 7.85. The summed E-state index contributed by atoms with van der Waals surface area (Å²) in [6, 6.07) is 13.3. The molecule has 1 aromatic carbocycles. The molecule has 2 heteroatoms. The molecule has 21 heavy (non-hydrogen) atoms. The van der Waals surface area contributed by atoms with E-state index in [2.05, 4.69) is 68.3 Å². The highest BCUT2D eigenvalue weighted by Gasteiger charge is 2.15. The Hall–Kier alpha value is -1.67. The Kier molecular flexibility index (Phi) is 5.51. The zero-order valence-electron chi connectivity index (χ0n) is 13.6. The fraction of sp³-hybridized carbons (Fsp3) is 0.421. The minimum absolute atomic E-state index is 0.169. The van der Waals surface area contributed by atoms with Gasteiger partial charge in [0.1, 0.15) is 0 Å². The highest BCUT2D eigenvalue weighted by Crippen LogP contribution is 2.23. The highest BCUT2D eigenvalue weighted by molar-refractivity contribution is 5.32. The molecule has 1 aromatic heterocycles. The van der Waals surface area contributed by atoms with Crippen LogP contribution < -0.4 is 5.32 Å². The molecule has 2 aromatic rings. The number of nitrogens with zero attached hydrogens (tertiary/aromatic N) is 1. The van der Waals surface area contributed by atoms with Crippen LogP contribution in [0.4, 0.5) is 0 Å². The molecule has 1 unspecified atom stereocenters. The van der Waals surface area contributed by atoms with Crippen molar-refractivity contribution >= 4 is 0 Å². The highest BCUT2D eigenvalue weighted by atomic mass is 14.9. The molecular weight excluding hydrogens is 256 g/mol. The number of rotatable bonds is 6. The Balaban J connectivity index is 2.34. The van der Waals surface area contributed by atoms with Crippen LogP contribution in [-0.2, 0) is 6.42 Å². The van der Waals surface area contributed by atoms with Gasteiger partial charge in [0, 0.05) is 6.20 Å². The topological polar surface area (TPSA) is 24.9 Å². The van der Waals surface area contributed by atoms with Crippen LogP contribution in [0.5, 0.6) is 0 Å². The van der Waals surface area contributed by atoms with E-state index >= 15 is 0 Å². The second-order valence-corrected chi connectivity index (χ2v) is 6.09. The molecule has 0 radical (unpaired) electrons. The number of hydrogen-bond acceptors (Lipinski definition) is 2. The van der Waals surface area contributed by atoms with Gasteiger partial charge in [-0.3, -0.25) is 4.98 Å². The van der Waals surface area contributed by atoms with Gasteiger partial charge in [-0.15, -0.1) is 0 Å². The predicted octanol–water partition coefficient (Wildman–Crippen LogP) is 4.29. The van der Waals surface area contributed by atoms with Crippen molar-refractivity contribution in [1.29, 1.82) is 0 Å². The van der Waals surface area contributed by atoms with Crippen LogP contribution in [0.25, 0.3) is 0 Å². The van der Waals surface area contributed by atoms with Gasteiger partial charge in [-0.05, 0) is 54.6 Å². The van der Waals surface area contributed by atoms with Crippen molar-refractivity contribution in [3.8, 4) is 0 Å². The molecule has 0 aliphatic carbocycles. The number of nitrogens with one attached hydrogen (secondary N) is 1. The summed E-state index contributed by atoms with van der Waals surface area (Å²) >= 11 is 0. The lowest BCUT2D eigenvalue weighted by Gasteiger charge is -2.19. The molecule has 1 N–H and O–H groups in total. The third-order valence-corrected chi connectivity index (χ3v) is 3.57. The van der Waals surface area contributed by atoms with E-state index in [-0.39, 0.29) is 6.04 Å². The fourth-order valence-electron chi connectivity index (χ4n) is 2.69. The summed E-state index contributed by atoms with van der Waals surface area (Å²) < 4.78 is 0. The summed E-state index contributed by atoms with van der Waals surface area (Å²) in [5, 5.41) is 3.56. The molecule has 0 aliphatic heterocycles. The van der Waals surface area contributed by atoms with Crippen LogP contribution in [0.15, 0.2) is 42.6 Å². The number of hydrogen-bond donors (Lipinski definition) is 1. The molecule has 2 rings (SSSR count). The molecule has 0 spiro atoms. The van der Waals surface area contributed by atoms with Gasteiger partial charge in [-0.25, -0.2) is 0 Å². The van der Waals surface area contributed by atoms with Crippen molar-refractivity contribution in [3.63, 3.8) is 0 Å². The van der Waals surface area contributed by atoms with E-state index in [1.54, 1.807) is 0 Å². The number of aryl methyl sites for hydroxylation is 1. The van der Waals surface area contributed by atoms with Crippen molar-refractivity contribution in [2.75, 3.05) is 6.54 Å². The van der Waals surface area contributed by atoms with E-state index in [0.29, 0.717) is 5.92 Å².